The second-order valence-electron chi connectivity index (χ2n) is 4.43. The molecule has 2 N–H and O–H groups in total. The first-order valence-corrected chi connectivity index (χ1v) is 6.46. The van der Waals surface area contributed by atoms with E-state index < -0.39 is 12.0 Å². The van der Waals surface area contributed by atoms with Crippen molar-refractivity contribution in [3.8, 4) is 0 Å². The standard InChI is InChI=1S/C15H20N2O3/c1-4-20-15(19)13(10-11(2)3)16-17-14(18)12-8-6-5-7-9-12/h5-9,13,16H,2,4,10H2,1,3H3,(H,17,18). The van der Waals surface area contributed by atoms with Crippen LogP contribution in [0.4, 0.5) is 0 Å². The van der Waals surface area contributed by atoms with Crippen molar-refractivity contribution < 1.29 is 14.3 Å². The Morgan fingerprint density at radius 3 is 2.50 bits per heavy atom. The van der Waals surface area contributed by atoms with Gasteiger partial charge in [0.25, 0.3) is 5.91 Å². The minimum absolute atomic E-state index is 0.292. The summed E-state index contributed by atoms with van der Waals surface area (Å²) >= 11 is 0. The summed E-state index contributed by atoms with van der Waals surface area (Å²) in [5.74, 6) is -0.717. The Morgan fingerprint density at radius 1 is 1.30 bits per heavy atom. The Hall–Kier alpha value is -2.14. The Morgan fingerprint density at radius 2 is 1.95 bits per heavy atom. The Labute approximate surface area is 119 Å². The SMILES string of the molecule is C=C(C)CC(NNC(=O)c1ccccc1)C(=O)OCC. The van der Waals surface area contributed by atoms with Crippen molar-refractivity contribution >= 4 is 11.9 Å². The minimum atomic E-state index is -0.639. The van der Waals surface area contributed by atoms with Gasteiger partial charge in [0.1, 0.15) is 6.04 Å². The quantitative estimate of drug-likeness (QED) is 0.453. The van der Waals surface area contributed by atoms with Gasteiger partial charge in [0.05, 0.1) is 6.61 Å². The van der Waals surface area contributed by atoms with Gasteiger partial charge in [-0.1, -0.05) is 23.8 Å². The summed E-state index contributed by atoms with van der Waals surface area (Å²) in [6, 6.07) is 8.11. The van der Waals surface area contributed by atoms with Crippen LogP contribution in [0.1, 0.15) is 30.6 Å². The lowest BCUT2D eigenvalue weighted by Gasteiger charge is -2.17. The fraction of sp³-hybridized carbons (Fsp3) is 0.333. The summed E-state index contributed by atoms with van der Waals surface area (Å²) in [7, 11) is 0. The summed E-state index contributed by atoms with van der Waals surface area (Å²) < 4.78 is 4.95. The van der Waals surface area contributed by atoms with Crippen molar-refractivity contribution in [2.24, 2.45) is 0 Å². The van der Waals surface area contributed by atoms with Crippen LogP contribution >= 0.6 is 0 Å². The fourth-order valence-electron chi connectivity index (χ4n) is 1.60. The maximum atomic E-state index is 11.9. The third-order valence-corrected chi connectivity index (χ3v) is 2.52. The molecule has 20 heavy (non-hydrogen) atoms. The third-order valence-electron chi connectivity index (χ3n) is 2.52. The normalized spacial score (nSPS) is 11.5. The number of amides is 1. The summed E-state index contributed by atoms with van der Waals surface area (Å²) in [5.41, 5.74) is 6.55. The lowest BCUT2D eigenvalue weighted by atomic mass is 10.1. The first-order valence-electron chi connectivity index (χ1n) is 6.46. The lowest BCUT2D eigenvalue weighted by Crippen LogP contribution is -2.48. The predicted molar refractivity (Wildman–Crippen MR) is 76.9 cm³/mol. The highest BCUT2D eigenvalue weighted by atomic mass is 16.5. The molecule has 1 aromatic carbocycles. The molecule has 0 bridgehead atoms. The molecule has 0 spiro atoms. The summed E-state index contributed by atoms with van der Waals surface area (Å²) in [4.78, 5) is 23.6. The molecule has 1 aromatic rings. The Bertz CT molecular complexity index is 471. The minimum Gasteiger partial charge on any atom is -0.465 e. The van der Waals surface area contributed by atoms with Crippen molar-refractivity contribution in [1.29, 1.82) is 0 Å². The molecule has 0 saturated carbocycles. The molecular weight excluding hydrogens is 256 g/mol. The summed E-state index contributed by atoms with van der Waals surface area (Å²) in [6.07, 6.45) is 0.397. The first kappa shape index (κ1) is 15.9. The highest BCUT2D eigenvalue weighted by Gasteiger charge is 2.20. The van der Waals surface area contributed by atoms with E-state index in [0.29, 0.717) is 18.6 Å². The van der Waals surface area contributed by atoms with Crippen molar-refractivity contribution in [3.05, 3.63) is 48.0 Å². The number of carbonyl (C=O) groups excluding carboxylic acids is 2. The fourth-order valence-corrected chi connectivity index (χ4v) is 1.60. The molecule has 0 fully saturated rings. The topological polar surface area (TPSA) is 67.4 Å². The van der Waals surface area contributed by atoms with Crippen LogP contribution in [0.2, 0.25) is 0 Å². The van der Waals surface area contributed by atoms with Crippen molar-refractivity contribution in [2.45, 2.75) is 26.3 Å². The Balaban J connectivity index is 2.59. The summed E-state index contributed by atoms with van der Waals surface area (Å²) in [6.45, 7) is 7.60. The molecule has 5 heteroatoms. The number of rotatable bonds is 7. The molecule has 0 saturated heterocycles. The van der Waals surface area contributed by atoms with Crippen LogP contribution in [0.15, 0.2) is 42.5 Å². The van der Waals surface area contributed by atoms with Crippen LogP contribution in [0.5, 0.6) is 0 Å². The average molecular weight is 276 g/mol. The maximum Gasteiger partial charge on any atom is 0.325 e. The smallest absolute Gasteiger partial charge is 0.325 e. The highest BCUT2D eigenvalue weighted by molar-refractivity contribution is 5.94. The molecule has 1 rings (SSSR count). The van der Waals surface area contributed by atoms with Crippen molar-refractivity contribution in [3.63, 3.8) is 0 Å². The molecule has 0 aliphatic rings. The van der Waals surface area contributed by atoms with E-state index in [-0.39, 0.29) is 5.91 Å². The Kier molecular flexibility index (Phi) is 6.46. The van der Waals surface area contributed by atoms with Crippen molar-refractivity contribution in [2.75, 3.05) is 6.61 Å². The first-order chi connectivity index (χ1) is 9.54. The van der Waals surface area contributed by atoms with Crippen LogP contribution in [0, 0.1) is 0 Å². The van der Waals surface area contributed by atoms with Crippen LogP contribution in [-0.2, 0) is 9.53 Å². The molecule has 5 nitrogen and oxygen atoms in total. The molecule has 108 valence electrons. The van der Waals surface area contributed by atoms with Crippen LogP contribution in [0.25, 0.3) is 0 Å². The van der Waals surface area contributed by atoms with E-state index in [4.69, 9.17) is 4.74 Å². The zero-order chi connectivity index (χ0) is 15.0. The van der Waals surface area contributed by atoms with Gasteiger partial charge in [-0.3, -0.25) is 15.0 Å². The number of hydrogen-bond acceptors (Lipinski definition) is 4. The number of hydrazine groups is 1. The number of ether oxygens (including phenoxy) is 1. The molecular formula is C15H20N2O3. The maximum absolute atomic E-state index is 11.9. The van der Waals surface area contributed by atoms with Gasteiger partial charge >= 0.3 is 5.97 Å². The van der Waals surface area contributed by atoms with Gasteiger partial charge in [0, 0.05) is 5.56 Å². The summed E-state index contributed by atoms with van der Waals surface area (Å²) in [5, 5.41) is 0. The van der Waals surface area contributed by atoms with E-state index in [2.05, 4.69) is 17.4 Å². The van der Waals surface area contributed by atoms with E-state index in [1.54, 1.807) is 31.2 Å². The lowest BCUT2D eigenvalue weighted by molar-refractivity contribution is -0.145. The molecule has 0 heterocycles. The number of benzene rings is 1. The average Bonchev–Trinajstić information content (AvgIpc) is 2.43. The van der Waals surface area contributed by atoms with Crippen LogP contribution in [0.3, 0.4) is 0 Å². The molecule has 1 atom stereocenters. The van der Waals surface area contributed by atoms with Crippen LogP contribution < -0.4 is 10.9 Å². The predicted octanol–water partition coefficient (Wildman–Crippen LogP) is 1.82. The van der Waals surface area contributed by atoms with Gasteiger partial charge in [-0.2, -0.15) is 0 Å². The van der Waals surface area contributed by atoms with Crippen LogP contribution in [-0.4, -0.2) is 24.5 Å². The van der Waals surface area contributed by atoms with Crippen molar-refractivity contribution in [1.82, 2.24) is 10.9 Å². The number of nitrogens with one attached hydrogen (secondary N) is 2. The third kappa shape index (κ3) is 5.24. The second-order valence-corrected chi connectivity index (χ2v) is 4.43. The molecule has 0 aliphatic heterocycles. The van der Waals surface area contributed by atoms with Gasteiger partial charge in [-0.15, -0.1) is 6.58 Å². The highest BCUT2D eigenvalue weighted by Crippen LogP contribution is 2.04. The second kappa shape index (κ2) is 8.12. The van der Waals surface area contributed by atoms with Gasteiger partial charge < -0.3 is 4.74 Å². The van der Waals surface area contributed by atoms with E-state index in [9.17, 15) is 9.59 Å². The van der Waals surface area contributed by atoms with Gasteiger partial charge in [0.2, 0.25) is 0 Å². The van der Waals surface area contributed by atoms with Gasteiger partial charge in [-0.25, -0.2) is 5.43 Å². The molecule has 0 radical (unpaired) electrons. The zero-order valence-corrected chi connectivity index (χ0v) is 11.8. The zero-order valence-electron chi connectivity index (χ0n) is 11.8. The van der Waals surface area contributed by atoms with E-state index in [1.807, 2.05) is 13.0 Å². The molecule has 0 aliphatic carbocycles. The molecule has 1 unspecified atom stereocenters. The van der Waals surface area contributed by atoms with E-state index in [1.165, 1.54) is 0 Å². The number of hydrogen-bond donors (Lipinski definition) is 2. The molecule has 0 aromatic heterocycles. The number of esters is 1. The monoisotopic (exact) mass is 276 g/mol. The largest absolute Gasteiger partial charge is 0.465 e. The number of carbonyl (C=O) groups is 2. The van der Waals surface area contributed by atoms with Gasteiger partial charge in [0.15, 0.2) is 0 Å². The molecule has 1 amide bonds. The van der Waals surface area contributed by atoms with E-state index in [0.717, 1.165) is 5.57 Å². The van der Waals surface area contributed by atoms with Gasteiger partial charge in [-0.05, 0) is 32.4 Å². The van der Waals surface area contributed by atoms with E-state index >= 15 is 0 Å².